The summed E-state index contributed by atoms with van der Waals surface area (Å²) in [6.45, 7) is 6.31. The van der Waals surface area contributed by atoms with E-state index in [0.29, 0.717) is 0 Å². The normalized spacial score (nSPS) is 20.7. The minimum atomic E-state index is -0.620. The van der Waals surface area contributed by atoms with E-state index in [4.69, 9.17) is 5.73 Å². The van der Waals surface area contributed by atoms with Gasteiger partial charge in [-0.15, -0.1) is 0 Å². The molecule has 0 radical (unpaired) electrons. The van der Waals surface area contributed by atoms with Crippen molar-refractivity contribution in [2.45, 2.75) is 40.0 Å². The molecule has 0 saturated heterocycles. The summed E-state index contributed by atoms with van der Waals surface area (Å²) >= 11 is 0. The molecule has 0 bridgehead atoms. The summed E-state index contributed by atoms with van der Waals surface area (Å²) in [6, 6.07) is -0.620. The number of hydrogen-bond donors (Lipinski definition) is 2. The number of nitrogens with one attached hydrogen (secondary N) is 1. The molecule has 0 saturated carbocycles. The Morgan fingerprint density at radius 1 is 1.60 bits per heavy atom. The van der Waals surface area contributed by atoms with Gasteiger partial charge in [0.1, 0.15) is 0 Å². The van der Waals surface area contributed by atoms with Gasteiger partial charge < -0.3 is 5.73 Å². The minimum Gasteiger partial charge on any atom is -0.350 e. The zero-order valence-electron chi connectivity index (χ0n) is 9.63. The van der Waals surface area contributed by atoms with E-state index >= 15 is 0 Å². The van der Waals surface area contributed by atoms with E-state index in [1.165, 1.54) is 18.4 Å². The number of carbonyl (C=O) groups excluding carboxylic acids is 1. The van der Waals surface area contributed by atoms with Crippen LogP contribution in [0.15, 0.2) is 16.8 Å². The van der Waals surface area contributed by atoms with Crippen molar-refractivity contribution in [1.82, 2.24) is 5.43 Å². The fourth-order valence-electron chi connectivity index (χ4n) is 1.85. The molecule has 84 valence electrons. The summed E-state index contributed by atoms with van der Waals surface area (Å²) in [5, 5.41) is 3.94. The van der Waals surface area contributed by atoms with E-state index in [1.54, 1.807) is 0 Å². The standard InChI is InChI=1S/C11H19N3O/c1-8(13-14-10(12)15)9-5-4-6-11(2,3)7-9/h7H,4-6H2,1-3H3,(H3,12,14,15). The van der Waals surface area contributed by atoms with Crippen LogP contribution in [0, 0.1) is 5.41 Å². The molecule has 4 nitrogen and oxygen atoms in total. The van der Waals surface area contributed by atoms with Crippen LogP contribution in [0.2, 0.25) is 0 Å². The number of primary amides is 1. The molecule has 0 atom stereocenters. The first kappa shape index (κ1) is 11.8. The van der Waals surface area contributed by atoms with Gasteiger partial charge in [-0.05, 0) is 37.2 Å². The van der Waals surface area contributed by atoms with E-state index < -0.39 is 6.03 Å². The van der Waals surface area contributed by atoms with Crippen molar-refractivity contribution in [3.8, 4) is 0 Å². The van der Waals surface area contributed by atoms with Crippen molar-refractivity contribution in [2.24, 2.45) is 16.3 Å². The fourth-order valence-corrected chi connectivity index (χ4v) is 1.85. The van der Waals surface area contributed by atoms with Gasteiger partial charge in [0.15, 0.2) is 0 Å². The second kappa shape index (κ2) is 4.47. The lowest BCUT2D eigenvalue weighted by Crippen LogP contribution is -2.26. The number of allylic oxidation sites excluding steroid dienone is 2. The molecule has 4 heteroatoms. The Balaban J connectivity index is 2.75. The third-order valence-corrected chi connectivity index (χ3v) is 2.63. The van der Waals surface area contributed by atoms with Gasteiger partial charge >= 0.3 is 6.03 Å². The first-order valence-corrected chi connectivity index (χ1v) is 5.22. The van der Waals surface area contributed by atoms with Crippen LogP contribution in [-0.2, 0) is 0 Å². The van der Waals surface area contributed by atoms with E-state index in [0.717, 1.165) is 12.1 Å². The van der Waals surface area contributed by atoms with E-state index in [2.05, 4.69) is 30.5 Å². The van der Waals surface area contributed by atoms with E-state index in [9.17, 15) is 4.79 Å². The molecule has 0 unspecified atom stereocenters. The number of hydrazone groups is 1. The summed E-state index contributed by atoms with van der Waals surface area (Å²) in [7, 11) is 0. The Kier molecular flexibility index (Phi) is 3.50. The van der Waals surface area contributed by atoms with Crippen molar-refractivity contribution in [2.75, 3.05) is 0 Å². The fraction of sp³-hybridized carbons (Fsp3) is 0.636. The average molecular weight is 209 g/mol. The first-order chi connectivity index (χ1) is 6.91. The number of carbonyl (C=O) groups is 1. The maximum atomic E-state index is 10.5. The number of hydrogen-bond acceptors (Lipinski definition) is 2. The molecule has 0 aromatic rings. The molecule has 2 amide bonds. The largest absolute Gasteiger partial charge is 0.350 e. The predicted molar refractivity (Wildman–Crippen MR) is 61.5 cm³/mol. The zero-order chi connectivity index (χ0) is 11.5. The molecule has 1 aliphatic rings. The molecular formula is C11H19N3O. The molecule has 3 N–H and O–H groups in total. The number of nitrogens with zero attached hydrogens (tertiary/aromatic N) is 1. The summed E-state index contributed by atoms with van der Waals surface area (Å²) in [5.41, 5.74) is 9.49. The third-order valence-electron chi connectivity index (χ3n) is 2.63. The van der Waals surface area contributed by atoms with Crippen LogP contribution in [0.1, 0.15) is 40.0 Å². The van der Waals surface area contributed by atoms with Gasteiger partial charge in [0.2, 0.25) is 0 Å². The highest BCUT2D eigenvalue weighted by Crippen LogP contribution is 2.33. The highest BCUT2D eigenvalue weighted by atomic mass is 16.2. The van der Waals surface area contributed by atoms with Gasteiger partial charge in [-0.3, -0.25) is 0 Å². The molecule has 0 aliphatic heterocycles. The maximum absolute atomic E-state index is 10.5. The second-order valence-corrected chi connectivity index (χ2v) is 4.68. The Morgan fingerprint density at radius 2 is 2.27 bits per heavy atom. The lowest BCUT2D eigenvalue weighted by Gasteiger charge is -2.27. The van der Waals surface area contributed by atoms with Crippen molar-refractivity contribution in [3.63, 3.8) is 0 Å². The molecule has 1 rings (SSSR count). The van der Waals surface area contributed by atoms with Crippen LogP contribution in [0.3, 0.4) is 0 Å². The van der Waals surface area contributed by atoms with Gasteiger partial charge in [0.25, 0.3) is 0 Å². The number of amides is 2. The maximum Gasteiger partial charge on any atom is 0.332 e. The highest BCUT2D eigenvalue weighted by molar-refractivity contribution is 5.98. The quantitative estimate of drug-likeness (QED) is 0.531. The average Bonchev–Trinajstić information content (AvgIpc) is 2.12. The second-order valence-electron chi connectivity index (χ2n) is 4.68. The van der Waals surface area contributed by atoms with Gasteiger partial charge in [-0.2, -0.15) is 5.10 Å². The van der Waals surface area contributed by atoms with Gasteiger partial charge in [0.05, 0.1) is 5.71 Å². The molecule has 1 aliphatic carbocycles. The summed E-state index contributed by atoms with van der Waals surface area (Å²) in [5.74, 6) is 0. The van der Waals surface area contributed by atoms with Crippen molar-refractivity contribution in [1.29, 1.82) is 0 Å². The smallest absolute Gasteiger partial charge is 0.332 e. The monoisotopic (exact) mass is 209 g/mol. The molecule has 0 spiro atoms. The predicted octanol–water partition coefficient (Wildman–Crippen LogP) is 2.17. The van der Waals surface area contributed by atoms with Crippen LogP contribution < -0.4 is 11.2 Å². The minimum absolute atomic E-state index is 0.233. The Hall–Kier alpha value is -1.32. The van der Waals surface area contributed by atoms with Crippen LogP contribution in [0.5, 0.6) is 0 Å². The van der Waals surface area contributed by atoms with Crippen molar-refractivity contribution < 1.29 is 4.79 Å². The van der Waals surface area contributed by atoms with Crippen LogP contribution in [-0.4, -0.2) is 11.7 Å². The molecule has 15 heavy (non-hydrogen) atoms. The van der Waals surface area contributed by atoms with Crippen LogP contribution in [0.25, 0.3) is 0 Å². The van der Waals surface area contributed by atoms with Gasteiger partial charge in [-0.1, -0.05) is 19.9 Å². The van der Waals surface area contributed by atoms with Crippen molar-refractivity contribution >= 4 is 11.7 Å². The molecular weight excluding hydrogens is 190 g/mol. The Morgan fingerprint density at radius 3 is 2.80 bits per heavy atom. The summed E-state index contributed by atoms with van der Waals surface area (Å²) < 4.78 is 0. The molecule has 0 heterocycles. The first-order valence-electron chi connectivity index (χ1n) is 5.22. The SMILES string of the molecule is CC(=NNC(N)=O)C1=CC(C)(C)CCC1. The van der Waals surface area contributed by atoms with Crippen LogP contribution >= 0.6 is 0 Å². The van der Waals surface area contributed by atoms with E-state index in [1.807, 2.05) is 6.92 Å². The lowest BCUT2D eigenvalue weighted by atomic mass is 9.79. The summed E-state index contributed by atoms with van der Waals surface area (Å²) in [4.78, 5) is 10.5. The molecule has 0 fully saturated rings. The highest BCUT2D eigenvalue weighted by Gasteiger charge is 2.21. The lowest BCUT2D eigenvalue weighted by molar-refractivity contribution is 0.249. The zero-order valence-corrected chi connectivity index (χ0v) is 9.63. The number of rotatable bonds is 2. The van der Waals surface area contributed by atoms with Gasteiger partial charge in [0, 0.05) is 0 Å². The third kappa shape index (κ3) is 3.73. The van der Waals surface area contributed by atoms with Gasteiger partial charge in [-0.25, -0.2) is 10.2 Å². The number of nitrogens with two attached hydrogens (primary N) is 1. The number of urea groups is 1. The van der Waals surface area contributed by atoms with Crippen molar-refractivity contribution in [3.05, 3.63) is 11.6 Å². The molecule has 0 aromatic carbocycles. The molecule has 0 aromatic heterocycles. The summed E-state index contributed by atoms with van der Waals surface area (Å²) in [6.07, 6.45) is 5.63. The Bertz CT molecular complexity index is 316. The van der Waals surface area contributed by atoms with E-state index in [-0.39, 0.29) is 5.41 Å². The topological polar surface area (TPSA) is 67.5 Å². The Labute approximate surface area is 90.6 Å². The van der Waals surface area contributed by atoms with Crippen LogP contribution in [0.4, 0.5) is 4.79 Å².